The highest BCUT2D eigenvalue weighted by atomic mass is 35.5. The molecule has 0 saturated carbocycles. The first-order valence-electron chi connectivity index (χ1n) is 7.19. The van der Waals surface area contributed by atoms with Gasteiger partial charge in [0.05, 0.1) is 0 Å². The highest BCUT2D eigenvalue weighted by molar-refractivity contribution is 6.30. The Morgan fingerprint density at radius 3 is 2.24 bits per heavy atom. The van der Waals surface area contributed by atoms with E-state index in [9.17, 15) is 9.59 Å². The van der Waals surface area contributed by atoms with Crippen LogP contribution in [0.3, 0.4) is 0 Å². The number of nitrogens with one attached hydrogen (secondary N) is 1. The zero-order chi connectivity index (χ0) is 16.0. The fourth-order valence-corrected chi connectivity index (χ4v) is 2.11. The van der Waals surface area contributed by atoms with E-state index in [-0.39, 0.29) is 17.7 Å². The maximum absolute atomic E-state index is 12.4. The molecule has 0 saturated heterocycles. The van der Waals surface area contributed by atoms with Crippen molar-refractivity contribution in [2.24, 2.45) is 5.92 Å². The van der Waals surface area contributed by atoms with Crippen LogP contribution in [0.25, 0.3) is 0 Å². The summed E-state index contributed by atoms with van der Waals surface area (Å²) >= 11 is 5.87. The molecule has 1 atom stereocenters. The highest BCUT2D eigenvalue weighted by Gasteiger charge is 2.27. The molecule has 4 nitrogen and oxygen atoms in total. The van der Waals surface area contributed by atoms with Crippen molar-refractivity contribution in [3.05, 3.63) is 34.9 Å². The van der Waals surface area contributed by atoms with Crippen LogP contribution in [0.4, 0.5) is 0 Å². The lowest BCUT2D eigenvalue weighted by atomic mass is 10.1. The average Bonchev–Trinajstić information content (AvgIpc) is 2.45. The van der Waals surface area contributed by atoms with Crippen molar-refractivity contribution in [1.29, 1.82) is 0 Å². The molecule has 0 unspecified atom stereocenters. The van der Waals surface area contributed by atoms with Gasteiger partial charge in [-0.1, -0.05) is 37.6 Å². The van der Waals surface area contributed by atoms with E-state index in [0.29, 0.717) is 18.1 Å². The number of carbonyl (C=O) groups is 2. The van der Waals surface area contributed by atoms with Gasteiger partial charge in [-0.2, -0.15) is 0 Å². The van der Waals surface area contributed by atoms with Gasteiger partial charge >= 0.3 is 0 Å². The van der Waals surface area contributed by atoms with Gasteiger partial charge in [0, 0.05) is 24.0 Å². The van der Waals surface area contributed by atoms with Crippen molar-refractivity contribution in [3.63, 3.8) is 0 Å². The largest absolute Gasteiger partial charge is 0.355 e. The van der Waals surface area contributed by atoms with Crippen LogP contribution in [0.2, 0.25) is 5.02 Å². The van der Waals surface area contributed by atoms with E-state index in [4.69, 9.17) is 11.6 Å². The molecular weight excluding hydrogens is 288 g/mol. The number of hydrogen-bond donors (Lipinski definition) is 1. The molecule has 0 spiro atoms. The van der Waals surface area contributed by atoms with Crippen molar-refractivity contribution in [3.8, 4) is 0 Å². The Kier molecular flexibility index (Phi) is 6.69. The van der Waals surface area contributed by atoms with Gasteiger partial charge < -0.3 is 10.2 Å². The Balaban J connectivity index is 2.94. The molecule has 1 aromatic carbocycles. The number of carbonyl (C=O) groups excluding carboxylic acids is 2. The predicted octanol–water partition coefficient (Wildman–Crippen LogP) is 2.85. The molecule has 5 heteroatoms. The Hall–Kier alpha value is -1.55. The predicted molar refractivity (Wildman–Crippen MR) is 85.0 cm³/mol. The fraction of sp³-hybridized carbons (Fsp3) is 0.500. The van der Waals surface area contributed by atoms with E-state index in [1.807, 2.05) is 32.9 Å². The standard InChI is InChI=1S/C16H23ClN2O2/c1-5-18-15(20)12(4)19(16(21)11(2)3)10-13-6-8-14(17)9-7-13/h6-9,11-12H,5,10H2,1-4H3,(H,18,20)/t12-/m1/s1. The second kappa shape index (κ2) is 8.03. The normalized spacial score (nSPS) is 12.1. The van der Waals surface area contributed by atoms with Crippen LogP contribution < -0.4 is 5.32 Å². The summed E-state index contributed by atoms with van der Waals surface area (Å²) in [5, 5.41) is 3.41. The summed E-state index contributed by atoms with van der Waals surface area (Å²) in [7, 11) is 0. The van der Waals surface area contributed by atoms with E-state index in [0.717, 1.165) is 5.56 Å². The van der Waals surface area contributed by atoms with Crippen LogP contribution in [-0.2, 0) is 16.1 Å². The fourth-order valence-electron chi connectivity index (χ4n) is 1.99. The summed E-state index contributed by atoms with van der Waals surface area (Å²) in [4.78, 5) is 26.0. The number of nitrogens with zero attached hydrogens (tertiary/aromatic N) is 1. The quantitative estimate of drug-likeness (QED) is 0.878. The third kappa shape index (κ3) is 5.05. The first kappa shape index (κ1) is 17.5. The molecular formula is C16H23ClN2O2. The number of rotatable bonds is 6. The topological polar surface area (TPSA) is 49.4 Å². The van der Waals surface area contributed by atoms with E-state index >= 15 is 0 Å². The SMILES string of the molecule is CCNC(=O)[C@@H](C)N(Cc1ccc(Cl)cc1)C(=O)C(C)C. The van der Waals surface area contributed by atoms with E-state index in [1.165, 1.54) is 0 Å². The Morgan fingerprint density at radius 2 is 1.76 bits per heavy atom. The molecule has 116 valence electrons. The zero-order valence-electron chi connectivity index (χ0n) is 13.0. The Bertz CT molecular complexity index is 486. The molecule has 0 aliphatic carbocycles. The Morgan fingerprint density at radius 1 is 1.19 bits per heavy atom. The molecule has 1 N–H and O–H groups in total. The van der Waals surface area contributed by atoms with Gasteiger partial charge in [-0.05, 0) is 31.5 Å². The molecule has 0 bridgehead atoms. The number of amides is 2. The molecule has 0 radical (unpaired) electrons. The Labute approximate surface area is 131 Å². The summed E-state index contributed by atoms with van der Waals surface area (Å²) in [6.07, 6.45) is 0. The van der Waals surface area contributed by atoms with Crippen LogP contribution in [0.15, 0.2) is 24.3 Å². The number of halogens is 1. The van der Waals surface area contributed by atoms with E-state index in [2.05, 4.69) is 5.32 Å². The van der Waals surface area contributed by atoms with Gasteiger partial charge in [0.25, 0.3) is 0 Å². The van der Waals surface area contributed by atoms with Gasteiger partial charge in [0.2, 0.25) is 11.8 Å². The third-order valence-corrected chi connectivity index (χ3v) is 3.49. The monoisotopic (exact) mass is 310 g/mol. The second-order valence-electron chi connectivity index (χ2n) is 5.32. The summed E-state index contributed by atoms with van der Waals surface area (Å²) < 4.78 is 0. The molecule has 0 aliphatic rings. The van der Waals surface area contributed by atoms with Gasteiger partial charge in [0.1, 0.15) is 6.04 Å². The number of benzene rings is 1. The number of hydrogen-bond acceptors (Lipinski definition) is 2. The smallest absolute Gasteiger partial charge is 0.242 e. The first-order chi connectivity index (χ1) is 9.86. The van der Waals surface area contributed by atoms with Crippen LogP contribution >= 0.6 is 11.6 Å². The summed E-state index contributed by atoms with van der Waals surface area (Å²) in [5.74, 6) is -0.335. The van der Waals surface area contributed by atoms with Gasteiger partial charge in [0.15, 0.2) is 0 Å². The molecule has 0 aliphatic heterocycles. The van der Waals surface area contributed by atoms with Crippen LogP contribution in [0.1, 0.15) is 33.3 Å². The van der Waals surface area contributed by atoms with Crippen molar-refractivity contribution < 1.29 is 9.59 Å². The minimum Gasteiger partial charge on any atom is -0.355 e. The lowest BCUT2D eigenvalue weighted by Crippen LogP contribution is -2.48. The molecule has 21 heavy (non-hydrogen) atoms. The molecule has 0 aromatic heterocycles. The van der Waals surface area contributed by atoms with Crippen LogP contribution in [0.5, 0.6) is 0 Å². The second-order valence-corrected chi connectivity index (χ2v) is 5.75. The lowest BCUT2D eigenvalue weighted by Gasteiger charge is -2.30. The summed E-state index contributed by atoms with van der Waals surface area (Å²) in [6, 6.07) is 6.80. The maximum atomic E-state index is 12.4. The van der Waals surface area contributed by atoms with Gasteiger partial charge in [-0.3, -0.25) is 9.59 Å². The molecule has 1 rings (SSSR count). The number of likely N-dealkylation sites (N-methyl/N-ethyl adjacent to an activating group) is 1. The van der Waals surface area contributed by atoms with Crippen molar-refractivity contribution in [2.75, 3.05) is 6.54 Å². The van der Waals surface area contributed by atoms with E-state index < -0.39 is 6.04 Å². The minimum absolute atomic E-state index is 0.0382. The third-order valence-electron chi connectivity index (χ3n) is 3.24. The van der Waals surface area contributed by atoms with Crippen molar-refractivity contribution >= 4 is 23.4 Å². The molecule has 0 heterocycles. The van der Waals surface area contributed by atoms with Gasteiger partial charge in [-0.25, -0.2) is 0 Å². The molecule has 2 amide bonds. The summed E-state index contributed by atoms with van der Waals surface area (Å²) in [6.45, 7) is 8.23. The first-order valence-corrected chi connectivity index (χ1v) is 7.57. The maximum Gasteiger partial charge on any atom is 0.242 e. The van der Waals surface area contributed by atoms with E-state index in [1.54, 1.807) is 24.0 Å². The van der Waals surface area contributed by atoms with Crippen LogP contribution in [-0.4, -0.2) is 29.3 Å². The molecule has 0 fully saturated rings. The van der Waals surface area contributed by atoms with Crippen molar-refractivity contribution in [1.82, 2.24) is 10.2 Å². The summed E-state index contributed by atoms with van der Waals surface area (Å²) in [5.41, 5.74) is 0.949. The van der Waals surface area contributed by atoms with Crippen molar-refractivity contribution in [2.45, 2.75) is 40.3 Å². The average molecular weight is 311 g/mol. The highest BCUT2D eigenvalue weighted by Crippen LogP contribution is 2.15. The molecule has 1 aromatic rings. The van der Waals surface area contributed by atoms with Gasteiger partial charge in [-0.15, -0.1) is 0 Å². The van der Waals surface area contributed by atoms with Crippen LogP contribution in [0, 0.1) is 5.92 Å². The minimum atomic E-state index is -0.504. The lowest BCUT2D eigenvalue weighted by molar-refractivity contribution is -0.143. The zero-order valence-corrected chi connectivity index (χ0v) is 13.8.